The predicted molar refractivity (Wildman–Crippen MR) is 50.2 cm³/mol. The van der Waals surface area contributed by atoms with Crippen molar-refractivity contribution in [3.63, 3.8) is 0 Å². The van der Waals surface area contributed by atoms with E-state index in [1.807, 2.05) is 0 Å². The molecular weight excluding hydrogens is 206 g/mol. The standard InChI is InChI=1S/C8H6ClN3O2/c9-8-7-5(10-4-11-8)1-2-12(7)3-6(13)14/h1-2,4H,3H2,(H,13,14). The Balaban J connectivity index is 2.61. The Kier molecular flexibility index (Phi) is 2.09. The van der Waals surface area contributed by atoms with Gasteiger partial charge in [-0.05, 0) is 6.07 Å². The van der Waals surface area contributed by atoms with Crippen molar-refractivity contribution in [1.82, 2.24) is 14.5 Å². The van der Waals surface area contributed by atoms with Crippen LogP contribution in [0.5, 0.6) is 0 Å². The summed E-state index contributed by atoms with van der Waals surface area (Å²) in [5.41, 5.74) is 1.20. The second-order valence-corrected chi connectivity index (χ2v) is 3.09. The van der Waals surface area contributed by atoms with Crippen molar-refractivity contribution in [3.8, 4) is 0 Å². The first-order valence-electron chi connectivity index (χ1n) is 3.85. The minimum atomic E-state index is -0.928. The molecule has 2 aromatic heterocycles. The molecule has 0 fully saturated rings. The number of fused-ring (bicyclic) bond motifs is 1. The third-order valence-electron chi connectivity index (χ3n) is 1.81. The number of carboxylic acids is 1. The van der Waals surface area contributed by atoms with Gasteiger partial charge in [0.1, 0.15) is 18.4 Å². The van der Waals surface area contributed by atoms with Crippen LogP contribution in [0.2, 0.25) is 5.15 Å². The molecule has 0 aliphatic rings. The highest BCUT2D eigenvalue weighted by molar-refractivity contribution is 6.33. The molecule has 0 aliphatic heterocycles. The van der Waals surface area contributed by atoms with Gasteiger partial charge in [-0.15, -0.1) is 0 Å². The maximum absolute atomic E-state index is 10.5. The van der Waals surface area contributed by atoms with Crippen LogP contribution in [0.15, 0.2) is 18.6 Å². The quantitative estimate of drug-likeness (QED) is 0.758. The van der Waals surface area contributed by atoms with Crippen molar-refractivity contribution < 1.29 is 9.90 Å². The van der Waals surface area contributed by atoms with Crippen molar-refractivity contribution in [2.45, 2.75) is 6.54 Å². The maximum atomic E-state index is 10.5. The summed E-state index contributed by atoms with van der Waals surface area (Å²) < 4.78 is 1.50. The fourth-order valence-corrected chi connectivity index (χ4v) is 1.52. The molecule has 0 spiro atoms. The summed E-state index contributed by atoms with van der Waals surface area (Å²) in [6, 6.07) is 1.70. The molecule has 0 radical (unpaired) electrons. The van der Waals surface area contributed by atoms with Crippen molar-refractivity contribution in [1.29, 1.82) is 0 Å². The van der Waals surface area contributed by atoms with Gasteiger partial charge in [-0.3, -0.25) is 4.79 Å². The molecule has 5 nitrogen and oxygen atoms in total. The van der Waals surface area contributed by atoms with E-state index in [0.29, 0.717) is 11.0 Å². The fourth-order valence-electron chi connectivity index (χ4n) is 1.27. The van der Waals surface area contributed by atoms with Crippen LogP contribution in [0.25, 0.3) is 11.0 Å². The number of halogens is 1. The fraction of sp³-hybridized carbons (Fsp3) is 0.125. The highest BCUT2D eigenvalue weighted by Crippen LogP contribution is 2.19. The van der Waals surface area contributed by atoms with Gasteiger partial charge in [0.2, 0.25) is 0 Å². The molecule has 0 aromatic carbocycles. The van der Waals surface area contributed by atoms with E-state index in [1.165, 1.54) is 10.9 Å². The number of nitrogens with zero attached hydrogens (tertiary/aromatic N) is 3. The molecule has 2 rings (SSSR count). The van der Waals surface area contributed by atoms with Crippen molar-refractivity contribution in [3.05, 3.63) is 23.7 Å². The molecule has 0 unspecified atom stereocenters. The molecule has 0 saturated heterocycles. The number of aliphatic carboxylic acids is 1. The van der Waals surface area contributed by atoms with E-state index in [0.717, 1.165) is 0 Å². The van der Waals surface area contributed by atoms with Gasteiger partial charge in [-0.2, -0.15) is 0 Å². The Morgan fingerprint density at radius 1 is 1.57 bits per heavy atom. The summed E-state index contributed by atoms with van der Waals surface area (Å²) in [6.45, 7) is -0.142. The van der Waals surface area contributed by atoms with E-state index >= 15 is 0 Å². The molecule has 72 valence electrons. The van der Waals surface area contributed by atoms with Gasteiger partial charge in [-0.1, -0.05) is 11.6 Å². The van der Waals surface area contributed by atoms with Gasteiger partial charge in [0.25, 0.3) is 0 Å². The van der Waals surface area contributed by atoms with Gasteiger partial charge in [-0.25, -0.2) is 9.97 Å². The highest BCUT2D eigenvalue weighted by atomic mass is 35.5. The topological polar surface area (TPSA) is 68.0 Å². The second-order valence-electron chi connectivity index (χ2n) is 2.74. The SMILES string of the molecule is O=C(O)Cn1ccc2ncnc(Cl)c21. The smallest absolute Gasteiger partial charge is 0.323 e. The van der Waals surface area contributed by atoms with E-state index in [9.17, 15) is 4.79 Å². The summed E-state index contributed by atoms with van der Waals surface area (Å²) in [5.74, 6) is -0.928. The van der Waals surface area contributed by atoms with Crippen LogP contribution < -0.4 is 0 Å². The molecule has 14 heavy (non-hydrogen) atoms. The Morgan fingerprint density at radius 2 is 2.36 bits per heavy atom. The van der Waals surface area contributed by atoms with Crippen LogP contribution in [0, 0.1) is 0 Å². The Morgan fingerprint density at radius 3 is 3.07 bits per heavy atom. The lowest BCUT2D eigenvalue weighted by atomic mass is 10.4. The molecule has 2 aromatic rings. The molecule has 0 aliphatic carbocycles. The second kappa shape index (κ2) is 3.26. The van der Waals surface area contributed by atoms with Crippen LogP contribution in [-0.2, 0) is 11.3 Å². The molecule has 2 heterocycles. The predicted octanol–water partition coefficient (Wildman–Crippen LogP) is 1.17. The first-order chi connectivity index (χ1) is 6.68. The molecule has 0 bridgehead atoms. The Bertz CT molecular complexity index is 494. The number of carboxylic acid groups (broad SMARTS) is 1. The zero-order chi connectivity index (χ0) is 10.1. The molecular formula is C8H6ClN3O2. The van der Waals surface area contributed by atoms with E-state index in [1.54, 1.807) is 12.3 Å². The number of hydrogen-bond acceptors (Lipinski definition) is 3. The normalized spacial score (nSPS) is 10.6. The minimum Gasteiger partial charge on any atom is -0.480 e. The number of rotatable bonds is 2. The van der Waals surface area contributed by atoms with E-state index < -0.39 is 5.97 Å². The van der Waals surface area contributed by atoms with Crippen molar-refractivity contribution >= 4 is 28.6 Å². The maximum Gasteiger partial charge on any atom is 0.323 e. The van der Waals surface area contributed by atoms with Gasteiger partial charge < -0.3 is 9.67 Å². The summed E-state index contributed by atoms with van der Waals surface area (Å²) in [6.07, 6.45) is 2.97. The lowest BCUT2D eigenvalue weighted by molar-refractivity contribution is -0.137. The van der Waals surface area contributed by atoms with Crippen molar-refractivity contribution in [2.24, 2.45) is 0 Å². The van der Waals surface area contributed by atoms with E-state index in [4.69, 9.17) is 16.7 Å². The number of aromatic nitrogens is 3. The number of carbonyl (C=O) groups is 1. The van der Waals surface area contributed by atoms with Crippen LogP contribution in [0.3, 0.4) is 0 Å². The van der Waals surface area contributed by atoms with Crippen molar-refractivity contribution in [2.75, 3.05) is 0 Å². The molecule has 0 amide bonds. The average Bonchev–Trinajstić information content (AvgIpc) is 2.49. The first-order valence-corrected chi connectivity index (χ1v) is 4.23. The summed E-state index contributed by atoms with van der Waals surface area (Å²) in [7, 11) is 0. The summed E-state index contributed by atoms with van der Waals surface area (Å²) >= 11 is 5.82. The van der Waals surface area contributed by atoms with Gasteiger partial charge in [0, 0.05) is 6.20 Å². The minimum absolute atomic E-state index is 0.142. The monoisotopic (exact) mass is 211 g/mol. The van der Waals surface area contributed by atoms with Crippen LogP contribution in [-0.4, -0.2) is 25.6 Å². The molecule has 0 saturated carbocycles. The van der Waals surface area contributed by atoms with Gasteiger partial charge >= 0.3 is 5.97 Å². The third-order valence-corrected chi connectivity index (χ3v) is 2.09. The van der Waals surface area contributed by atoms with E-state index in [-0.39, 0.29) is 11.7 Å². The Labute approximate surface area is 84.0 Å². The molecule has 6 heteroatoms. The molecule has 1 N–H and O–H groups in total. The third kappa shape index (κ3) is 1.42. The zero-order valence-corrected chi connectivity index (χ0v) is 7.77. The van der Waals surface area contributed by atoms with Crippen LogP contribution in [0.4, 0.5) is 0 Å². The average molecular weight is 212 g/mol. The lowest BCUT2D eigenvalue weighted by Gasteiger charge is -2.01. The van der Waals surface area contributed by atoms with Gasteiger partial charge in [0.05, 0.1) is 5.52 Å². The zero-order valence-electron chi connectivity index (χ0n) is 7.01. The van der Waals surface area contributed by atoms with Crippen LogP contribution >= 0.6 is 11.6 Å². The largest absolute Gasteiger partial charge is 0.480 e. The highest BCUT2D eigenvalue weighted by Gasteiger charge is 2.09. The lowest BCUT2D eigenvalue weighted by Crippen LogP contribution is -2.07. The Hall–Kier alpha value is -1.62. The first kappa shape index (κ1) is 8.96. The van der Waals surface area contributed by atoms with Crippen LogP contribution in [0.1, 0.15) is 0 Å². The molecule has 0 atom stereocenters. The summed E-state index contributed by atoms with van der Waals surface area (Å²) in [5, 5.41) is 8.90. The van der Waals surface area contributed by atoms with Gasteiger partial charge in [0.15, 0.2) is 5.15 Å². The van der Waals surface area contributed by atoms with E-state index in [2.05, 4.69) is 9.97 Å². The summed E-state index contributed by atoms with van der Waals surface area (Å²) in [4.78, 5) is 18.3. The number of hydrogen-bond donors (Lipinski definition) is 1.